The molecule has 0 aromatic heterocycles. The Hall–Kier alpha value is -3.35. The summed E-state index contributed by atoms with van der Waals surface area (Å²) in [4.78, 5) is 31.6. The van der Waals surface area contributed by atoms with Gasteiger partial charge in [0.1, 0.15) is 0 Å². The normalized spacial score (nSPS) is 20.5. The van der Waals surface area contributed by atoms with Crippen LogP contribution in [0.5, 0.6) is 0 Å². The molecule has 1 aliphatic carbocycles. The lowest BCUT2D eigenvalue weighted by molar-refractivity contribution is -0.147. The van der Waals surface area contributed by atoms with Crippen molar-refractivity contribution in [2.24, 2.45) is 16.1 Å². The second-order valence-electron chi connectivity index (χ2n) is 9.31. The average molecular weight is 432 g/mol. The summed E-state index contributed by atoms with van der Waals surface area (Å²) in [6.07, 6.45) is 8.21. The summed E-state index contributed by atoms with van der Waals surface area (Å²) in [5.41, 5.74) is 8.83. The van der Waals surface area contributed by atoms with Gasteiger partial charge in [0, 0.05) is 58.6 Å². The lowest BCUT2D eigenvalue weighted by Gasteiger charge is -2.42. The summed E-state index contributed by atoms with van der Waals surface area (Å²) in [5, 5.41) is 8.14. The third-order valence-electron chi connectivity index (χ3n) is 7.14. The molecule has 2 fully saturated rings. The number of likely N-dealkylation sites (tertiary alicyclic amines) is 1. The van der Waals surface area contributed by atoms with Crippen LogP contribution in [0, 0.1) is 5.41 Å². The minimum absolute atomic E-state index is 0.0740. The minimum atomic E-state index is -0.130. The Bertz CT molecular complexity index is 1140. The Labute approximate surface area is 187 Å². The van der Waals surface area contributed by atoms with E-state index in [0.717, 1.165) is 67.3 Å². The molecular formula is C25H29N5O2. The van der Waals surface area contributed by atoms with E-state index in [-0.39, 0.29) is 17.4 Å². The van der Waals surface area contributed by atoms with Crippen molar-refractivity contribution in [2.75, 3.05) is 23.7 Å². The SMILES string of the molecule is CC1(C(=O)N2CCC(N=CC(=CN)Nc3ccc4c5c(cccc35)C(=O)N4)CC2)CCC1. The molecule has 2 aromatic carbocycles. The zero-order valence-electron chi connectivity index (χ0n) is 18.4. The molecule has 0 unspecified atom stereocenters. The van der Waals surface area contributed by atoms with Gasteiger partial charge in [0.05, 0.1) is 11.7 Å². The van der Waals surface area contributed by atoms with Crippen molar-refractivity contribution in [3.63, 3.8) is 0 Å². The predicted molar refractivity (Wildman–Crippen MR) is 128 cm³/mol. The number of nitrogens with zero attached hydrogens (tertiary/aromatic N) is 2. The van der Waals surface area contributed by atoms with E-state index in [2.05, 4.69) is 17.6 Å². The summed E-state index contributed by atoms with van der Waals surface area (Å²) >= 11 is 0. The van der Waals surface area contributed by atoms with Crippen molar-refractivity contribution in [2.45, 2.75) is 45.1 Å². The van der Waals surface area contributed by atoms with Crippen molar-refractivity contribution in [1.82, 2.24) is 4.90 Å². The van der Waals surface area contributed by atoms with E-state index >= 15 is 0 Å². The lowest BCUT2D eigenvalue weighted by Crippen LogP contribution is -2.49. The molecular weight excluding hydrogens is 402 g/mol. The van der Waals surface area contributed by atoms with Crippen molar-refractivity contribution in [1.29, 1.82) is 0 Å². The number of nitrogens with two attached hydrogens (primary N) is 1. The second kappa shape index (κ2) is 7.97. The largest absolute Gasteiger partial charge is 0.403 e. The van der Waals surface area contributed by atoms with Gasteiger partial charge in [0.2, 0.25) is 5.91 Å². The van der Waals surface area contributed by atoms with Gasteiger partial charge in [-0.1, -0.05) is 25.5 Å². The fourth-order valence-corrected chi connectivity index (χ4v) is 4.98. The fraction of sp³-hybridized carbons (Fsp3) is 0.400. The first-order chi connectivity index (χ1) is 15.5. The van der Waals surface area contributed by atoms with E-state index < -0.39 is 0 Å². The highest BCUT2D eigenvalue weighted by atomic mass is 16.2. The number of nitrogens with one attached hydrogen (secondary N) is 2. The molecule has 0 atom stereocenters. The average Bonchev–Trinajstić information content (AvgIpc) is 3.13. The quantitative estimate of drug-likeness (QED) is 0.626. The number of anilines is 2. The van der Waals surface area contributed by atoms with Crippen LogP contribution in [-0.2, 0) is 4.79 Å². The summed E-state index contributed by atoms with van der Waals surface area (Å²) in [7, 11) is 0. The van der Waals surface area contributed by atoms with E-state index in [1.807, 2.05) is 35.2 Å². The van der Waals surface area contributed by atoms with Crippen LogP contribution >= 0.6 is 0 Å². The Morgan fingerprint density at radius 2 is 2.03 bits per heavy atom. The molecule has 166 valence electrons. The van der Waals surface area contributed by atoms with Gasteiger partial charge < -0.3 is 21.3 Å². The summed E-state index contributed by atoms with van der Waals surface area (Å²) in [5.74, 6) is 0.241. The highest BCUT2D eigenvalue weighted by Gasteiger charge is 2.42. The number of hydrogen-bond donors (Lipinski definition) is 3. The van der Waals surface area contributed by atoms with Crippen LogP contribution in [0.25, 0.3) is 10.8 Å². The summed E-state index contributed by atoms with van der Waals surface area (Å²) < 4.78 is 0. The first-order valence-electron chi connectivity index (χ1n) is 11.4. The van der Waals surface area contributed by atoms with Gasteiger partial charge in [0.15, 0.2) is 0 Å². The van der Waals surface area contributed by atoms with Crippen LogP contribution in [0.3, 0.4) is 0 Å². The first-order valence-corrected chi connectivity index (χ1v) is 11.4. The van der Waals surface area contributed by atoms with Gasteiger partial charge in [-0.15, -0.1) is 0 Å². The molecule has 0 bridgehead atoms. The van der Waals surface area contributed by atoms with E-state index in [9.17, 15) is 9.59 Å². The molecule has 2 amide bonds. The van der Waals surface area contributed by atoms with Gasteiger partial charge in [-0.25, -0.2) is 0 Å². The first kappa shape index (κ1) is 20.5. The molecule has 1 saturated heterocycles. The Balaban J connectivity index is 1.24. The number of carbonyl (C=O) groups is 2. The summed E-state index contributed by atoms with van der Waals surface area (Å²) in [6.45, 7) is 3.63. The number of carbonyl (C=O) groups excluding carboxylic acids is 2. The molecule has 1 saturated carbocycles. The van der Waals surface area contributed by atoms with E-state index in [0.29, 0.717) is 17.2 Å². The molecule has 32 heavy (non-hydrogen) atoms. The molecule has 0 radical (unpaired) electrons. The third-order valence-corrected chi connectivity index (χ3v) is 7.14. The molecule has 0 spiro atoms. The lowest BCUT2D eigenvalue weighted by atomic mass is 9.69. The number of aliphatic imine (C=N–C) groups is 1. The van der Waals surface area contributed by atoms with Gasteiger partial charge in [-0.3, -0.25) is 14.6 Å². The number of allylic oxidation sites excluding steroid dienone is 1. The van der Waals surface area contributed by atoms with E-state index in [4.69, 9.17) is 10.7 Å². The predicted octanol–water partition coefficient (Wildman–Crippen LogP) is 3.87. The molecule has 7 nitrogen and oxygen atoms in total. The van der Waals surface area contributed by atoms with Gasteiger partial charge in [-0.2, -0.15) is 0 Å². The van der Waals surface area contributed by atoms with E-state index in [1.54, 1.807) is 6.21 Å². The van der Waals surface area contributed by atoms with Crippen LogP contribution in [0.1, 0.15) is 49.4 Å². The number of amides is 2. The van der Waals surface area contributed by atoms with Gasteiger partial charge in [0.25, 0.3) is 5.91 Å². The van der Waals surface area contributed by atoms with Crippen LogP contribution in [0.2, 0.25) is 0 Å². The fourth-order valence-electron chi connectivity index (χ4n) is 4.98. The smallest absolute Gasteiger partial charge is 0.256 e. The Morgan fingerprint density at radius 1 is 1.25 bits per heavy atom. The molecule has 7 heteroatoms. The molecule has 5 rings (SSSR count). The summed E-state index contributed by atoms with van der Waals surface area (Å²) in [6, 6.07) is 9.73. The maximum atomic E-state index is 12.7. The van der Waals surface area contributed by atoms with Gasteiger partial charge >= 0.3 is 0 Å². The van der Waals surface area contributed by atoms with Crippen molar-refractivity contribution < 1.29 is 9.59 Å². The zero-order valence-corrected chi connectivity index (χ0v) is 18.4. The topological polar surface area (TPSA) is 99.8 Å². The molecule has 3 aliphatic rings. The van der Waals surface area contributed by atoms with Crippen LogP contribution < -0.4 is 16.4 Å². The molecule has 4 N–H and O–H groups in total. The molecule has 2 heterocycles. The number of benzene rings is 2. The third kappa shape index (κ3) is 3.51. The monoisotopic (exact) mass is 431 g/mol. The van der Waals surface area contributed by atoms with Crippen LogP contribution in [0.4, 0.5) is 11.4 Å². The maximum absolute atomic E-state index is 12.7. The van der Waals surface area contributed by atoms with Crippen molar-refractivity contribution >= 4 is 40.2 Å². The Kier molecular flexibility index (Phi) is 5.12. The number of hydrogen-bond acceptors (Lipinski definition) is 5. The van der Waals surface area contributed by atoms with Crippen molar-refractivity contribution in [3.8, 4) is 0 Å². The second-order valence-corrected chi connectivity index (χ2v) is 9.31. The minimum Gasteiger partial charge on any atom is -0.403 e. The highest BCUT2D eigenvalue weighted by Crippen LogP contribution is 2.42. The van der Waals surface area contributed by atoms with Gasteiger partial charge in [-0.05, 0) is 43.9 Å². The number of rotatable bonds is 5. The standard InChI is InChI=1S/C25H29N5O2/c1-25(10-3-11-25)24(32)30-12-8-16(9-13-30)27-15-17(14-26)28-20-6-7-21-22-18(20)4-2-5-19(22)23(31)29-21/h2,4-7,14-16,28H,3,8-13,26H2,1H3,(H,29,31). The maximum Gasteiger partial charge on any atom is 0.256 e. The number of piperidine rings is 1. The van der Waals surface area contributed by atoms with Crippen LogP contribution in [-0.4, -0.2) is 42.1 Å². The van der Waals surface area contributed by atoms with Crippen molar-refractivity contribution in [3.05, 3.63) is 47.8 Å². The highest BCUT2D eigenvalue weighted by molar-refractivity contribution is 6.25. The van der Waals surface area contributed by atoms with E-state index in [1.165, 1.54) is 6.20 Å². The Morgan fingerprint density at radius 3 is 2.72 bits per heavy atom. The molecule has 2 aliphatic heterocycles. The van der Waals surface area contributed by atoms with Crippen LogP contribution in [0.15, 0.2) is 47.2 Å². The molecule has 2 aromatic rings. The zero-order chi connectivity index (χ0) is 22.3.